The predicted molar refractivity (Wildman–Crippen MR) is 130 cm³/mol. The molecule has 35 heavy (non-hydrogen) atoms. The Morgan fingerprint density at radius 2 is 1.94 bits per heavy atom. The number of likely N-dealkylation sites (tertiary alicyclic amines) is 1. The number of ether oxygens (including phenoxy) is 2. The van der Waals surface area contributed by atoms with Gasteiger partial charge in [-0.2, -0.15) is 0 Å². The summed E-state index contributed by atoms with van der Waals surface area (Å²) in [5.41, 5.74) is -0.674. The fraction of sp³-hybridized carbons (Fsp3) is 0.600. The van der Waals surface area contributed by atoms with E-state index in [1.54, 1.807) is 32.9 Å². The minimum absolute atomic E-state index is 0.0114. The number of benzene rings is 1. The molecule has 10 heteroatoms. The van der Waals surface area contributed by atoms with Crippen LogP contribution in [0.25, 0.3) is 0 Å². The molecular weight excluding hydrogens is 472 g/mol. The molecule has 2 saturated heterocycles. The smallest absolute Gasteiger partial charge is 0.411 e. The molecule has 2 aliphatic rings. The summed E-state index contributed by atoms with van der Waals surface area (Å²) in [6, 6.07) is 6.49. The van der Waals surface area contributed by atoms with E-state index in [-0.39, 0.29) is 36.9 Å². The Morgan fingerprint density at radius 1 is 1.31 bits per heavy atom. The molecule has 0 radical (unpaired) electrons. The number of allylic oxidation sites excluding steroid dienone is 1. The van der Waals surface area contributed by atoms with Gasteiger partial charge >= 0.3 is 12.1 Å². The number of rotatable bonds is 7. The van der Waals surface area contributed by atoms with Gasteiger partial charge in [0.15, 0.2) is 5.54 Å². The number of hydrogen-bond acceptors (Lipinski definition) is 7. The van der Waals surface area contributed by atoms with Crippen molar-refractivity contribution >= 4 is 22.1 Å². The Kier molecular flexibility index (Phi) is 7.69. The van der Waals surface area contributed by atoms with Crippen LogP contribution in [0.4, 0.5) is 4.79 Å². The van der Waals surface area contributed by atoms with Crippen molar-refractivity contribution in [2.45, 2.75) is 69.6 Å². The lowest BCUT2D eigenvalue weighted by Crippen LogP contribution is -2.61. The van der Waals surface area contributed by atoms with Crippen LogP contribution in [0.5, 0.6) is 0 Å². The summed E-state index contributed by atoms with van der Waals surface area (Å²) in [4.78, 5) is 27.8. The number of carbonyl (C=O) groups is 2. The van der Waals surface area contributed by atoms with Crippen LogP contribution < -0.4 is 4.72 Å². The Labute approximate surface area is 207 Å². The molecule has 0 unspecified atom stereocenters. The minimum Gasteiger partial charge on any atom is -0.461 e. The van der Waals surface area contributed by atoms with Crippen molar-refractivity contribution in [3.8, 4) is 0 Å². The zero-order valence-corrected chi connectivity index (χ0v) is 21.9. The van der Waals surface area contributed by atoms with Gasteiger partial charge in [-0.25, -0.2) is 22.7 Å². The van der Waals surface area contributed by atoms with Crippen molar-refractivity contribution in [3.63, 3.8) is 0 Å². The lowest BCUT2D eigenvalue weighted by atomic mass is 9.73. The maximum absolute atomic E-state index is 13.2. The van der Waals surface area contributed by atoms with Crippen LogP contribution in [-0.4, -0.2) is 67.4 Å². The topological polar surface area (TPSA) is 122 Å². The molecule has 2 aliphatic heterocycles. The highest BCUT2D eigenvalue weighted by Crippen LogP contribution is 2.49. The van der Waals surface area contributed by atoms with Crippen molar-refractivity contribution < 1.29 is 32.6 Å². The summed E-state index contributed by atoms with van der Waals surface area (Å²) in [5.74, 6) is -1.52. The first-order valence-corrected chi connectivity index (χ1v) is 13.2. The molecule has 1 spiro atoms. The molecule has 0 aromatic heterocycles. The fourth-order valence-electron chi connectivity index (χ4n) is 5.10. The Morgan fingerprint density at radius 3 is 2.46 bits per heavy atom. The minimum atomic E-state index is -3.78. The van der Waals surface area contributed by atoms with Crippen LogP contribution in [-0.2, 0) is 24.3 Å². The van der Waals surface area contributed by atoms with Crippen LogP contribution in [0.1, 0.15) is 46.1 Å². The first-order valence-electron chi connectivity index (χ1n) is 11.7. The largest absolute Gasteiger partial charge is 0.461 e. The third-order valence-electron chi connectivity index (χ3n) is 6.51. The number of aliphatic hydroxyl groups excluding tert-OH is 1. The van der Waals surface area contributed by atoms with Crippen molar-refractivity contribution in [2.24, 2.45) is 11.8 Å². The van der Waals surface area contributed by atoms with E-state index in [2.05, 4.69) is 11.3 Å². The number of aryl methyl sites for hydroxylation is 1. The molecule has 2 fully saturated rings. The zero-order valence-electron chi connectivity index (χ0n) is 21.0. The number of aliphatic hydroxyl groups is 1. The average Bonchev–Trinajstić information content (AvgIpc) is 3.20. The molecule has 1 aromatic rings. The maximum Gasteiger partial charge on any atom is 0.411 e. The third kappa shape index (κ3) is 5.54. The molecular formula is C25H36N2O7S. The number of esters is 1. The number of amides is 1. The molecule has 1 aromatic carbocycles. The second kappa shape index (κ2) is 9.91. The van der Waals surface area contributed by atoms with Gasteiger partial charge in [0, 0.05) is 19.0 Å². The first-order chi connectivity index (χ1) is 16.2. The molecule has 0 aliphatic carbocycles. The van der Waals surface area contributed by atoms with Crippen LogP contribution in [0.15, 0.2) is 41.3 Å². The monoisotopic (exact) mass is 508 g/mol. The SMILES string of the molecule is C=C(C)C[C@H]1CN(C(=O)OC(C)(C)C)[C@@]2(C(=O)OC[C@@H]2O)[C@H]1CCNS(=O)(=O)c1ccc(C)cc1. The highest BCUT2D eigenvalue weighted by Gasteiger charge is 2.68. The van der Waals surface area contributed by atoms with Crippen LogP contribution >= 0.6 is 0 Å². The van der Waals surface area contributed by atoms with Crippen molar-refractivity contribution in [2.75, 3.05) is 19.7 Å². The van der Waals surface area contributed by atoms with E-state index in [9.17, 15) is 23.1 Å². The lowest BCUT2D eigenvalue weighted by Gasteiger charge is -2.38. The molecule has 2 heterocycles. The van der Waals surface area contributed by atoms with Gasteiger partial charge in [0.05, 0.1) is 4.90 Å². The molecule has 0 saturated carbocycles. The lowest BCUT2D eigenvalue weighted by molar-refractivity contribution is -0.150. The number of carbonyl (C=O) groups excluding carboxylic acids is 2. The normalized spacial score (nSPS) is 26.7. The second-order valence-electron chi connectivity index (χ2n) is 10.6. The highest BCUT2D eigenvalue weighted by atomic mass is 32.2. The van der Waals surface area contributed by atoms with Crippen LogP contribution in [0.2, 0.25) is 0 Å². The van der Waals surface area contributed by atoms with Gasteiger partial charge in [0.25, 0.3) is 0 Å². The van der Waals surface area contributed by atoms with Gasteiger partial charge in [-0.1, -0.05) is 23.3 Å². The van der Waals surface area contributed by atoms with Crippen molar-refractivity contribution in [1.82, 2.24) is 9.62 Å². The van der Waals surface area contributed by atoms with Gasteiger partial charge in [-0.05, 0) is 65.5 Å². The van der Waals surface area contributed by atoms with Crippen LogP contribution in [0.3, 0.4) is 0 Å². The highest BCUT2D eigenvalue weighted by molar-refractivity contribution is 7.89. The molecule has 4 atom stereocenters. The molecule has 9 nitrogen and oxygen atoms in total. The van der Waals surface area contributed by atoms with E-state index in [1.807, 2.05) is 13.8 Å². The number of cyclic esters (lactones) is 1. The predicted octanol–water partition coefficient (Wildman–Crippen LogP) is 2.77. The summed E-state index contributed by atoms with van der Waals surface area (Å²) in [6.45, 7) is 12.8. The van der Waals surface area contributed by atoms with Gasteiger partial charge in [0.2, 0.25) is 10.0 Å². The van der Waals surface area contributed by atoms with E-state index in [4.69, 9.17) is 9.47 Å². The summed E-state index contributed by atoms with van der Waals surface area (Å²) in [7, 11) is -3.78. The molecule has 3 rings (SSSR count). The second-order valence-corrected chi connectivity index (χ2v) is 12.3. The Hall–Kier alpha value is -2.43. The average molecular weight is 509 g/mol. The van der Waals surface area contributed by atoms with Gasteiger partial charge < -0.3 is 14.6 Å². The molecule has 1 amide bonds. The molecule has 0 bridgehead atoms. The van der Waals surface area contributed by atoms with Crippen LogP contribution in [0, 0.1) is 18.8 Å². The summed E-state index contributed by atoms with van der Waals surface area (Å²) < 4.78 is 39.0. The Bertz CT molecular complexity index is 1080. The molecule has 194 valence electrons. The number of sulfonamides is 1. The Balaban J connectivity index is 1.91. The zero-order chi connectivity index (χ0) is 26.2. The van der Waals surface area contributed by atoms with E-state index >= 15 is 0 Å². The van der Waals surface area contributed by atoms with E-state index in [0.717, 1.165) is 11.1 Å². The summed E-state index contributed by atoms with van der Waals surface area (Å²) in [5, 5.41) is 11.0. The van der Waals surface area contributed by atoms with Gasteiger partial charge in [0.1, 0.15) is 18.3 Å². The maximum atomic E-state index is 13.2. The molecule has 2 N–H and O–H groups in total. The number of nitrogens with one attached hydrogen (secondary N) is 1. The van der Waals surface area contributed by atoms with Crippen molar-refractivity contribution in [1.29, 1.82) is 0 Å². The van der Waals surface area contributed by atoms with E-state index in [0.29, 0.717) is 6.42 Å². The fourth-order valence-corrected chi connectivity index (χ4v) is 6.14. The third-order valence-corrected chi connectivity index (χ3v) is 7.99. The standard InChI is InChI=1S/C25H36N2O7S/c1-16(2)13-18-14-27(23(30)34-24(4,5)6)25(21(28)15-33-22(25)29)20(18)11-12-26-35(31,32)19-9-7-17(3)8-10-19/h7-10,18,20-21,26,28H,1,11-15H2,2-6H3/t18-,20-,21-,25-/m0/s1. The van der Waals surface area contributed by atoms with E-state index in [1.165, 1.54) is 17.0 Å². The number of hydrogen-bond donors (Lipinski definition) is 2. The first kappa shape index (κ1) is 27.2. The summed E-state index contributed by atoms with van der Waals surface area (Å²) in [6.07, 6.45) is -1.29. The van der Waals surface area contributed by atoms with E-state index < -0.39 is 45.2 Å². The van der Waals surface area contributed by atoms with Gasteiger partial charge in [-0.3, -0.25) is 4.90 Å². The van der Waals surface area contributed by atoms with Gasteiger partial charge in [-0.15, -0.1) is 6.58 Å². The van der Waals surface area contributed by atoms with Crippen molar-refractivity contribution in [3.05, 3.63) is 42.0 Å². The summed E-state index contributed by atoms with van der Waals surface area (Å²) >= 11 is 0. The quantitative estimate of drug-likeness (QED) is 0.429. The number of nitrogens with zero attached hydrogens (tertiary/aromatic N) is 1.